The monoisotopic (exact) mass is 454 g/mol. The van der Waals surface area contributed by atoms with Crippen molar-refractivity contribution in [3.05, 3.63) is 82.0 Å². The molecule has 1 atom stereocenters. The van der Waals surface area contributed by atoms with Gasteiger partial charge < -0.3 is 0 Å². The Hall–Kier alpha value is -3.19. The number of thioether (sulfide) groups is 1. The molecule has 2 aliphatic rings. The summed E-state index contributed by atoms with van der Waals surface area (Å²) in [5.74, 6) is 0.746. The lowest BCUT2D eigenvalue weighted by Gasteiger charge is -2.20. The Kier molecular flexibility index (Phi) is 4.94. The fourth-order valence-electron chi connectivity index (χ4n) is 4.75. The number of nitrogens with zero attached hydrogens (tertiary/aromatic N) is 6. The van der Waals surface area contributed by atoms with E-state index in [4.69, 9.17) is 10.2 Å². The molecule has 6 nitrogen and oxygen atoms in total. The van der Waals surface area contributed by atoms with Crippen LogP contribution >= 0.6 is 11.8 Å². The molecular weight excluding hydrogens is 428 g/mol. The average Bonchev–Trinajstić information content (AvgIpc) is 3.52. The minimum Gasteiger partial charge on any atom is -0.264 e. The van der Waals surface area contributed by atoms with Crippen LogP contribution in [0, 0.1) is 13.8 Å². The van der Waals surface area contributed by atoms with Gasteiger partial charge in [-0.15, -0.1) is 10.2 Å². The Labute approximate surface area is 197 Å². The summed E-state index contributed by atoms with van der Waals surface area (Å²) in [7, 11) is 0. The van der Waals surface area contributed by atoms with Gasteiger partial charge in [-0.05, 0) is 68.4 Å². The van der Waals surface area contributed by atoms with Crippen LogP contribution < -0.4 is 0 Å². The maximum atomic E-state index is 5.06. The fourth-order valence-corrected chi connectivity index (χ4v) is 5.68. The zero-order chi connectivity index (χ0) is 22.5. The second kappa shape index (κ2) is 7.99. The molecular formula is C26H26N6S. The molecule has 2 aromatic carbocycles. The van der Waals surface area contributed by atoms with E-state index in [1.54, 1.807) is 11.8 Å². The van der Waals surface area contributed by atoms with Crippen LogP contribution in [0.2, 0.25) is 0 Å². The van der Waals surface area contributed by atoms with E-state index < -0.39 is 0 Å². The summed E-state index contributed by atoms with van der Waals surface area (Å²) in [6.45, 7) is 7.25. The third-order valence-corrected chi connectivity index (χ3v) is 7.73. The van der Waals surface area contributed by atoms with Gasteiger partial charge in [0.25, 0.3) is 0 Å². The van der Waals surface area contributed by atoms with Gasteiger partial charge in [-0.3, -0.25) is 4.68 Å². The zero-order valence-corrected chi connectivity index (χ0v) is 19.9. The maximum absolute atomic E-state index is 5.06. The molecule has 6 rings (SSSR count). The molecule has 1 aliphatic carbocycles. The number of rotatable bonds is 4. The average molecular weight is 455 g/mol. The summed E-state index contributed by atoms with van der Waals surface area (Å²) in [4.78, 5) is 0. The maximum Gasteiger partial charge on any atom is 0.213 e. The standard InChI is InChI=1S/C26H26N6S/c1-16-12-13-20(14-17(16)2)23-18(3)33-26-28-27-25(32(26)30-23)24-21-10-7-11-22(21)31(29-24)15-19-8-5-4-6-9-19/h4-6,8-9,12-14,18H,7,10-11,15H2,1-3H3. The van der Waals surface area contributed by atoms with Crippen LogP contribution in [0.25, 0.3) is 11.5 Å². The van der Waals surface area contributed by atoms with Crippen molar-refractivity contribution in [2.45, 2.75) is 57.0 Å². The fraction of sp³-hybridized carbons (Fsp3) is 0.308. The number of benzene rings is 2. The van der Waals surface area contributed by atoms with Crippen molar-refractivity contribution in [3.8, 4) is 11.5 Å². The van der Waals surface area contributed by atoms with E-state index in [2.05, 4.69) is 84.2 Å². The van der Waals surface area contributed by atoms with Crippen LogP contribution in [0.1, 0.15) is 46.9 Å². The summed E-state index contributed by atoms with van der Waals surface area (Å²) in [5, 5.41) is 20.2. The van der Waals surface area contributed by atoms with Crippen LogP contribution in [-0.4, -0.2) is 35.6 Å². The third kappa shape index (κ3) is 3.51. The molecule has 0 bridgehead atoms. The van der Waals surface area contributed by atoms with Crippen LogP contribution in [0.5, 0.6) is 0 Å². The highest BCUT2D eigenvalue weighted by molar-refractivity contribution is 8.00. The highest BCUT2D eigenvalue weighted by atomic mass is 32.2. The molecule has 2 aromatic heterocycles. The van der Waals surface area contributed by atoms with Gasteiger partial charge in [-0.25, -0.2) is 0 Å². The van der Waals surface area contributed by atoms with Crippen molar-refractivity contribution in [3.63, 3.8) is 0 Å². The molecule has 0 spiro atoms. The highest BCUT2D eigenvalue weighted by Crippen LogP contribution is 2.36. The van der Waals surface area contributed by atoms with Crippen molar-refractivity contribution in [2.75, 3.05) is 0 Å². The molecule has 1 unspecified atom stereocenters. The summed E-state index contributed by atoms with van der Waals surface area (Å²) in [5.41, 5.74) is 9.58. The largest absolute Gasteiger partial charge is 0.264 e. The number of aromatic nitrogens is 5. The van der Waals surface area contributed by atoms with Crippen LogP contribution in [0.4, 0.5) is 0 Å². The van der Waals surface area contributed by atoms with Crippen molar-refractivity contribution in [2.24, 2.45) is 5.10 Å². The van der Waals surface area contributed by atoms with E-state index in [9.17, 15) is 0 Å². The predicted octanol–water partition coefficient (Wildman–Crippen LogP) is 5.04. The van der Waals surface area contributed by atoms with Crippen molar-refractivity contribution in [1.29, 1.82) is 0 Å². The van der Waals surface area contributed by atoms with E-state index in [-0.39, 0.29) is 5.25 Å². The van der Waals surface area contributed by atoms with Gasteiger partial charge >= 0.3 is 0 Å². The van der Waals surface area contributed by atoms with E-state index in [0.717, 1.165) is 53.8 Å². The zero-order valence-electron chi connectivity index (χ0n) is 19.1. The van der Waals surface area contributed by atoms with Gasteiger partial charge in [0.15, 0.2) is 0 Å². The molecule has 166 valence electrons. The Morgan fingerprint density at radius 3 is 2.67 bits per heavy atom. The van der Waals surface area contributed by atoms with Gasteiger partial charge in [0, 0.05) is 11.3 Å². The first kappa shape index (κ1) is 20.4. The van der Waals surface area contributed by atoms with Crippen LogP contribution in [0.3, 0.4) is 0 Å². The predicted molar refractivity (Wildman–Crippen MR) is 132 cm³/mol. The summed E-state index contributed by atoms with van der Waals surface area (Å²) in [6, 6.07) is 17.1. The first-order chi connectivity index (χ1) is 16.1. The Morgan fingerprint density at radius 2 is 1.85 bits per heavy atom. The van der Waals surface area contributed by atoms with E-state index in [1.807, 2.05) is 4.68 Å². The normalized spacial score (nSPS) is 17.1. The molecule has 1 aliphatic heterocycles. The molecule has 7 heteroatoms. The first-order valence-electron chi connectivity index (χ1n) is 11.5. The number of aryl methyl sites for hydroxylation is 2. The lowest BCUT2D eigenvalue weighted by Crippen LogP contribution is -2.22. The van der Waals surface area contributed by atoms with Crippen molar-refractivity contribution < 1.29 is 0 Å². The van der Waals surface area contributed by atoms with Crippen LogP contribution in [0.15, 0.2) is 58.8 Å². The topological polar surface area (TPSA) is 60.9 Å². The molecule has 3 heterocycles. The molecule has 0 N–H and O–H groups in total. The van der Waals surface area contributed by atoms with Crippen molar-refractivity contribution in [1.82, 2.24) is 24.7 Å². The smallest absolute Gasteiger partial charge is 0.213 e. The highest BCUT2D eigenvalue weighted by Gasteiger charge is 2.31. The second-order valence-electron chi connectivity index (χ2n) is 8.93. The lowest BCUT2D eigenvalue weighted by molar-refractivity contribution is 0.643. The van der Waals surface area contributed by atoms with Gasteiger partial charge in [0.05, 0.1) is 17.5 Å². The SMILES string of the molecule is Cc1ccc(C2=Nn3c(nnc3-c3nn(Cc4ccccc4)c4c3CCC4)SC2C)cc1C. The Bertz CT molecular complexity index is 1380. The van der Waals surface area contributed by atoms with E-state index in [1.165, 1.54) is 27.9 Å². The van der Waals surface area contributed by atoms with Crippen LogP contribution in [-0.2, 0) is 19.4 Å². The van der Waals surface area contributed by atoms with E-state index >= 15 is 0 Å². The second-order valence-corrected chi connectivity index (χ2v) is 10.2. The van der Waals surface area contributed by atoms with Gasteiger partial charge in [0.2, 0.25) is 11.0 Å². The Balaban J connectivity index is 1.44. The molecule has 4 aromatic rings. The quantitative estimate of drug-likeness (QED) is 0.433. The van der Waals surface area contributed by atoms with Gasteiger partial charge in [-0.2, -0.15) is 14.9 Å². The van der Waals surface area contributed by atoms with Gasteiger partial charge in [0.1, 0.15) is 5.69 Å². The van der Waals surface area contributed by atoms with Crippen molar-refractivity contribution >= 4 is 17.5 Å². The summed E-state index contributed by atoms with van der Waals surface area (Å²) >= 11 is 1.71. The summed E-state index contributed by atoms with van der Waals surface area (Å²) in [6.07, 6.45) is 3.23. The molecule has 0 saturated carbocycles. The van der Waals surface area contributed by atoms with E-state index in [0.29, 0.717) is 0 Å². The number of fused-ring (bicyclic) bond motifs is 2. The molecule has 33 heavy (non-hydrogen) atoms. The minimum absolute atomic E-state index is 0.206. The number of hydrogen-bond acceptors (Lipinski definition) is 5. The first-order valence-corrected chi connectivity index (χ1v) is 12.4. The molecule has 0 radical (unpaired) electrons. The Morgan fingerprint density at radius 1 is 1.00 bits per heavy atom. The molecule has 0 saturated heterocycles. The minimum atomic E-state index is 0.206. The summed E-state index contributed by atoms with van der Waals surface area (Å²) < 4.78 is 4.06. The molecule has 0 fully saturated rings. The number of hydrogen-bond donors (Lipinski definition) is 0. The molecule has 0 amide bonds. The third-order valence-electron chi connectivity index (χ3n) is 6.68. The lowest BCUT2D eigenvalue weighted by atomic mass is 10.0. The van der Waals surface area contributed by atoms with Gasteiger partial charge in [-0.1, -0.05) is 54.2 Å².